The number of hydrogen-bond acceptors (Lipinski definition) is 5. The van der Waals surface area contributed by atoms with Crippen LogP contribution in [0.1, 0.15) is 33.9 Å². The zero-order valence-corrected chi connectivity index (χ0v) is 16.8. The van der Waals surface area contributed by atoms with Crippen molar-refractivity contribution in [1.29, 1.82) is 0 Å². The fraction of sp³-hybridized carbons (Fsp3) is 0.471. The summed E-state index contributed by atoms with van der Waals surface area (Å²) in [6.07, 6.45) is -10.7. The maximum Gasteiger partial charge on any atom is 0.417 e. The van der Waals surface area contributed by atoms with Crippen LogP contribution in [0.2, 0.25) is 0 Å². The van der Waals surface area contributed by atoms with Crippen molar-refractivity contribution in [3.05, 3.63) is 35.0 Å². The van der Waals surface area contributed by atoms with E-state index in [-0.39, 0.29) is 17.3 Å². The molecule has 0 fully saturated rings. The lowest BCUT2D eigenvalue weighted by Gasteiger charge is -2.37. The average Bonchev–Trinajstić information content (AvgIpc) is 3.11. The molecule has 1 aliphatic carbocycles. The molecule has 0 radical (unpaired) electrons. The van der Waals surface area contributed by atoms with Gasteiger partial charge in [0.05, 0.1) is 4.11 Å². The summed E-state index contributed by atoms with van der Waals surface area (Å²) in [5, 5.41) is 0. The van der Waals surface area contributed by atoms with Crippen LogP contribution in [0.3, 0.4) is 0 Å². The number of nitrogens with zero attached hydrogens (tertiary/aromatic N) is 1. The number of alkyl halides is 7. The van der Waals surface area contributed by atoms with E-state index in [1.54, 1.807) is 4.72 Å². The van der Waals surface area contributed by atoms with Crippen molar-refractivity contribution in [2.24, 2.45) is 0 Å². The third-order valence-electron chi connectivity index (χ3n) is 4.90. The number of pyridine rings is 1. The number of ether oxygens (including phenoxy) is 2. The van der Waals surface area contributed by atoms with Crippen LogP contribution in [0.4, 0.5) is 40.9 Å². The first-order valence-corrected chi connectivity index (χ1v) is 10.3. The fourth-order valence-corrected chi connectivity index (χ4v) is 4.59. The molecule has 3 rings (SSSR count). The highest BCUT2D eigenvalue weighted by Gasteiger charge is 2.57. The molecule has 0 aromatic carbocycles. The molecule has 7 nitrogen and oxygen atoms in total. The Kier molecular flexibility index (Phi) is 5.48. The second kappa shape index (κ2) is 8.62. The smallest absolute Gasteiger partial charge is 0.417 e. The predicted octanol–water partition coefficient (Wildman–Crippen LogP) is 4.32. The van der Waals surface area contributed by atoms with Crippen LogP contribution in [0.25, 0.3) is 0 Å². The van der Waals surface area contributed by atoms with Crippen LogP contribution in [0.5, 0.6) is 5.75 Å². The van der Waals surface area contributed by atoms with Gasteiger partial charge in [-0.3, -0.25) is 4.72 Å². The molecule has 0 saturated carbocycles. The third kappa shape index (κ3) is 4.71. The molecule has 33 heavy (non-hydrogen) atoms. The minimum atomic E-state index is -5.15. The van der Waals surface area contributed by atoms with Gasteiger partial charge < -0.3 is 14.5 Å². The molecule has 2 aromatic rings. The number of rotatable bonds is 7. The van der Waals surface area contributed by atoms with Crippen LogP contribution in [0.15, 0.2) is 17.2 Å². The summed E-state index contributed by atoms with van der Waals surface area (Å²) in [4.78, 5) is 4.60. The molecule has 2 aromatic heterocycles. The number of anilines is 1. The third-order valence-corrected chi connectivity index (χ3v) is 6.31. The summed E-state index contributed by atoms with van der Waals surface area (Å²) in [6, 6.07) is 0.0644. The van der Waals surface area contributed by atoms with E-state index >= 15 is 0 Å². The van der Waals surface area contributed by atoms with Crippen molar-refractivity contribution in [2.45, 2.75) is 49.0 Å². The van der Waals surface area contributed by atoms with Crippen molar-refractivity contribution in [2.75, 3.05) is 11.8 Å². The molecular formula is C17H15F8N3O4S. The standard InChI is InChI=1S/C17H15F8N3O4S/c1-31-16(17(23,24)25)3-2-7-9(5-16)26-6-11(7)33(29,30)28-14-8(18)4-10(32-15(21)22)12(27-14)13(19)20/h4,6,13,15,26H,2-3,5H2,1H3,(H,27,28)/t16-/m0/s1/i1D3. The highest BCUT2D eigenvalue weighted by molar-refractivity contribution is 7.92. The zero-order chi connectivity index (χ0) is 27.3. The van der Waals surface area contributed by atoms with Gasteiger partial charge in [-0.2, -0.15) is 22.0 Å². The van der Waals surface area contributed by atoms with E-state index in [9.17, 15) is 43.5 Å². The van der Waals surface area contributed by atoms with Gasteiger partial charge in [0, 0.05) is 31.4 Å². The van der Waals surface area contributed by atoms with E-state index in [0.29, 0.717) is 0 Å². The Balaban J connectivity index is 1.96. The van der Waals surface area contributed by atoms with E-state index in [1.807, 2.05) is 0 Å². The SMILES string of the molecule is [2H]C([2H])([2H])O[C@@]1(C(F)(F)F)CCc2c(S(=O)(=O)Nc3nc(C(F)F)c(OC(F)F)cc3F)c[nH]c2C1. The van der Waals surface area contributed by atoms with Gasteiger partial charge in [0.1, 0.15) is 4.90 Å². The Hall–Kier alpha value is -2.62. The van der Waals surface area contributed by atoms with Gasteiger partial charge in [0.15, 0.2) is 28.7 Å². The molecule has 0 bridgehead atoms. The van der Waals surface area contributed by atoms with E-state index in [0.717, 1.165) is 6.20 Å². The van der Waals surface area contributed by atoms with E-state index in [2.05, 4.69) is 19.4 Å². The predicted molar refractivity (Wildman–Crippen MR) is 95.2 cm³/mol. The lowest BCUT2D eigenvalue weighted by molar-refractivity contribution is -0.273. The zero-order valence-electron chi connectivity index (χ0n) is 18.9. The van der Waals surface area contributed by atoms with Gasteiger partial charge in [0.2, 0.25) is 0 Å². The highest BCUT2D eigenvalue weighted by atomic mass is 32.2. The lowest BCUT2D eigenvalue weighted by atomic mass is 9.83. The molecule has 184 valence electrons. The maximum absolute atomic E-state index is 14.3. The normalized spacial score (nSPS) is 20.8. The van der Waals surface area contributed by atoms with Gasteiger partial charge in [-0.15, -0.1) is 0 Å². The van der Waals surface area contributed by atoms with E-state index in [1.165, 1.54) is 0 Å². The topological polar surface area (TPSA) is 93.3 Å². The Morgan fingerprint density at radius 1 is 1.30 bits per heavy atom. The lowest BCUT2D eigenvalue weighted by Crippen LogP contribution is -2.51. The Bertz CT molecular complexity index is 1240. The van der Waals surface area contributed by atoms with Crippen molar-refractivity contribution >= 4 is 15.8 Å². The summed E-state index contributed by atoms with van der Waals surface area (Å²) in [6.45, 7) is -3.62. The summed E-state index contributed by atoms with van der Waals surface area (Å²) in [5.74, 6) is -4.31. The fourth-order valence-electron chi connectivity index (χ4n) is 3.32. The molecule has 0 unspecified atom stereocenters. The van der Waals surface area contributed by atoms with Gasteiger partial charge in [-0.05, 0) is 18.4 Å². The van der Waals surface area contributed by atoms with Gasteiger partial charge in [0.25, 0.3) is 16.4 Å². The van der Waals surface area contributed by atoms with E-state index in [4.69, 9.17) is 4.11 Å². The first-order valence-electron chi connectivity index (χ1n) is 10.3. The maximum atomic E-state index is 14.3. The Morgan fingerprint density at radius 2 is 2.00 bits per heavy atom. The molecule has 2 N–H and O–H groups in total. The highest BCUT2D eigenvalue weighted by Crippen LogP contribution is 2.44. The Morgan fingerprint density at radius 3 is 2.58 bits per heavy atom. The first-order chi connectivity index (χ1) is 16.4. The monoisotopic (exact) mass is 512 g/mol. The van der Waals surface area contributed by atoms with Crippen molar-refractivity contribution in [3.8, 4) is 5.75 Å². The van der Waals surface area contributed by atoms with Crippen LogP contribution < -0.4 is 9.46 Å². The molecule has 1 aliphatic rings. The number of aromatic nitrogens is 2. The van der Waals surface area contributed by atoms with Gasteiger partial charge in [-0.1, -0.05) is 0 Å². The van der Waals surface area contributed by atoms with Crippen LogP contribution in [0, 0.1) is 5.82 Å². The molecular weight excluding hydrogens is 494 g/mol. The molecule has 1 atom stereocenters. The number of halogens is 8. The minimum Gasteiger partial charge on any atom is -0.433 e. The summed E-state index contributed by atoms with van der Waals surface area (Å²) < 4.78 is 163. The molecule has 16 heteroatoms. The van der Waals surface area contributed by atoms with Crippen molar-refractivity contribution < 1.29 is 57.1 Å². The van der Waals surface area contributed by atoms with Crippen LogP contribution in [-0.4, -0.2) is 43.8 Å². The second-order valence-corrected chi connectivity index (χ2v) is 8.52. The number of H-pyrrole nitrogens is 1. The molecule has 2 heterocycles. The molecule has 0 saturated heterocycles. The number of aromatic amines is 1. The summed E-state index contributed by atoms with van der Waals surface area (Å²) >= 11 is 0. The number of methoxy groups -OCH3 is 1. The quantitative estimate of drug-likeness (QED) is 0.539. The number of fused-ring (bicyclic) bond motifs is 1. The number of hydrogen-bond donors (Lipinski definition) is 2. The van der Waals surface area contributed by atoms with Gasteiger partial charge in [-0.25, -0.2) is 26.6 Å². The first kappa shape index (κ1) is 20.9. The summed E-state index contributed by atoms with van der Waals surface area (Å²) in [5.41, 5.74) is -5.22. The largest absolute Gasteiger partial charge is 0.433 e. The number of nitrogens with one attached hydrogen (secondary N) is 2. The second-order valence-electron chi connectivity index (χ2n) is 6.87. The van der Waals surface area contributed by atoms with Crippen molar-refractivity contribution in [3.63, 3.8) is 0 Å². The average molecular weight is 512 g/mol. The minimum absolute atomic E-state index is 0.0644. The Labute approximate surface area is 185 Å². The molecule has 0 aliphatic heterocycles. The van der Waals surface area contributed by atoms with E-state index < -0.39 is 89.1 Å². The van der Waals surface area contributed by atoms with Gasteiger partial charge >= 0.3 is 12.8 Å². The van der Waals surface area contributed by atoms with Crippen LogP contribution in [-0.2, 0) is 27.6 Å². The molecule has 0 spiro atoms. The molecule has 0 amide bonds. The van der Waals surface area contributed by atoms with Crippen molar-refractivity contribution in [1.82, 2.24) is 9.97 Å². The van der Waals surface area contributed by atoms with Crippen LogP contribution >= 0.6 is 0 Å². The summed E-state index contributed by atoms with van der Waals surface area (Å²) in [7, 11) is -8.30. The number of sulfonamides is 1.